The summed E-state index contributed by atoms with van der Waals surface area (Å²) in [4.78, 5) is 18.2. The van der Waals surface area contributed by atoms with E-state index < -0.39 is 0 Å². The number of nitrogens with one attached hydrogen (secondary N) is 1. The molecule has 0 aliphatic rings. The Kier molecular flexibility index (Phi) is 4.07. The minimum absolute atomic E-state index is 0.458. The van der Waals surface area contributed by atoms with Crippen LogP contribution in [0.4, 0.5) is 11.9 Å². The third-order valence-electron chi connectivity index (χ3n) is 4.49. The Balaban J connectivity index is 1.72. The Morgan fingerprint density at radius 2 is 1.74 bits per heavy atom. The average Bonchev–Trinajstić information content (AvgIpc) is 2.95. The Morgan fingerprint density at radius 1 is 0.926 bits per heavy atom. The first-order valence-electron chi connectivity index (χ1n) is 8.77. The molecule has 7 nitrogen and oxygen atoms in total. The molecule has 3 aromatic heterocycles. The Morgan fingerprint density at radius 3 is 2.48 bits per heavy atom. The summed E-state index contributed by atoms with van der Waals surface area (Å²) in [7, 11) is 1.90. The third kappa shape index (κ3) is 3.23. The van der Waals surface area contributed by atoms with Crippen LogP contribution in [0, 0.1) is 27.7 Å². The molecule has 0 unspecified atom stereocenters. The van der Waals surface area contributed by atoms with Crippen LogP contribution in [0.25, 0.3) is 22.2 Å². The van der Waals surface area contributed by atoms with Gasteiger partial charge in [0.25, 0.3) is 0 Å². The van der Waals surface area contributed by atoms with E-state index in [2.05, 4.69) is 56.3 Å². The van der Waals surface area contributed by atoms with E-state index in [0.29, 0.717) is 11.9 Å². The molecule has 0 saturated carbocycles. The summed E-state index contributed by atoms with van der Waals surface area (Å²) in [5, 5.41) is 8.59. The molecule has 0 aliphatic carbocycles. The highest BCUT2D eigenvalue weighted by Gasteiger charge is 2.11. The fourth-order valence-electron chi connectivity index (χ4n) is 3.31. The van der Waals surface area contributed by atoms with E-state index >= 15 is 0 Å². The lowest BCUT2D eigenvalue weighted by Crippen LogP contribution is -2.04. The molecule has 0 atom stereocenters. The van der Waals surface area contributed by atoms with E-state index in [1.165, 1.54) is 5.56 Å². The summed E-state index contributed by atoms with van der Waals surface area (Å²) < 4.78 is 1.78. The lowest BCUT2D eigenvalue weighted by atomic mass is 10.1. The van der Waals surface area contributed by atoms with E-state index in [0.717, 1.165) is 39.1 Å². The van der Waals surface area contributed by atoms with Crippen molar-refractivity contribution in [3.63, 3.8) is 0 Å². The van der Waals surface area contributed by atoms with Gasteiger partial charge in [0.15, 0.2) is 0 Å². The largest absolute Gasteiger partial charge is 0.293 e. The SMILES string of the molecule is Cc1cc(C)c2nc(Nc3nccc(-c4cn(C)nc4C)n3)nc(C)c2c1. The summed E-state index contributed by atoms with van der Waals surface area (Å²) in [5.74, 6) is 0.950. The smallest absolute Gasteiger partial charge is 0.230 e. The molecule has 3 heterocycles. The minimum atomic E-state index is 0.458. The molecule has 27 heavy (non-hydrogen) atoms. The normalized spacial score (nSPS) is 11.1. The molecule has 7 heteroatoms. The highest BCUT2D eigenvalue weighted by atomic mass is 15.3. The maximum absolute atomic E-state index is 4.68. The lowest BCUT2D eigenvalue weighted by Gasteiger charge is -2.10. The van der Waals surface area contributed by atoms with Crippen LogP contribution in [0.1, 0.15) is 22.5 Å². The monoisotopic (exact) mass is 359 g/mol. The molecule has 136 valence electrons. The fourth-order valence-corrected chi connectivity index (χ4v) is 3.31. The molecule has 0 bridgehead atoms. The van der Waals surface area contributed by atoms with Crippen LogP contribution < -0.4 is 5.32 Å². The number of hydrogen-bond acceptors (Lipinski definition) is 6. The van der Waals surface area contributed by atoms with Gasteiger partial charge in [-0.3, -0.25) is 10.00 Å². The molecular formula is C20H21N7. The highest BCUT2D eigenvalue weighted by molar-refractivity contribution is 5.85. The number of anilines is 2. The van der Waals surface area contributed by atoms with Crippen LogP contribution in [0.5, 0.6) is 0 Å². The predicted octanol–water partition coefficient (Wildman–Crippen LogP) is 3.80. The molecule has 0 spiro atoms. The van der Waals surface area contributed by atoms with E-state index in [1.807, 2.05) is 33.2 Å². The highest BCUT2D eigenvalue weighted by Crippen LogP contribution is 2.24. The van der Waals surface area contributed by atoms with Gasteiger partial charge in [-0.05, 0) is 45.4 Å². The molecule has 1 N–H and O–H groups in total. The first kappa shape index (κ1) is 17.1. The molecule has 1 aromatic carbocycles. The molecule has 0 saturated heterocycles. The second-order valence-electron chi connectivity index (χ2n) is 6.80. The van der Waals surface area contributed by atoms with Gasteiger partial charge < -0.3 is 0 Å². The zero-order valence-electron chi connectivity index (χ0n) is 16.1. The van der Waals surface area contributed by atoms with Gasteiger partial charge in [-0.1, -0.05) is 11.6 Å². The zero-order chi connectivity index (χ0) is 19.1. The fraction of sp³-hybridized carbons (Fsp3) is 0.250. The summed E-state index contributed by atoms with van der Waals surface area (Å²) in [6, 6.07) is 6.11. The van der Waals surface area contributed by atoms with Crippen molar-refractivity contribution in [1.82, 2.24) is 29.7 Å². The number of aromatic nitrogens is 6. The predicted molar refractivity (Wildman–Crippen MR) is 106 cm³/mol. The van der Waals surface area contributed by atoms with Crippen LogP contribution in [0.2, 0.25) is 0 Å². The second kappa shape index (κ2) is 6.42. The van der Waals surface area contributed by atoms with Gasteiger partial charge in [0.1, 0.15) is 0 Å². The Labute approximate surface area is 157 Å². The average molecular weight is 359 g/mol. The summed E-state index contributed by atoms with van der Waals surface area (Å²) in [6.45, 7) is 8.10. The van der Waals surface area contributed by atoms with Crippen molar-refractivity contribution < 1.29 is 0 Å². The molecule has 0 amide bonds. The number of rotatable bonds is 3. The van der Waals surface area contributed by atoms with Crippen LogP contribution in [-0.2, 0) is 7.05 Å². The van der Waals surface area contributed by atoms with E-state index in [-0.39, 0.29) is 0 Å². The Bertz CT molecular complexity index is 1160. The van der Waals surface area contributed by atoms with E-state index in [1.54, 1.807) is 10.9 Å². The number of fused-ring (bicyclic) bond motifs is 1. The molecule has 0 fully saturated rings. The van der Waals surface area contributed by atoms with Crippen LogP contribution >= 0.6 is 0 Å². The van der Waals surface area contributed by atoms with Crippen molar-refractivity contribution in [2.75, 3.05) is 5.32 Å². The standard InChI is InChI=1S/C20H21N7/c1-11-8-12(2)18-15(9-11)13(3)22-20(24-18)25-19-21-7-6-17(23-19)16-10-27(5)26-14(16)4/h6-10H,1-5H3,(H,21,22,23,24,25). The molecule has 0 radical (unpaired) electrons. The maximum Gasteiger partial charge on any atom is 0.230 e. The lowest BCUT2D eigenvalue weighted by molar-refractivity contribution is 0.756. The molecular weight excluding hydrogens is 338 g/mol. The van der Waals surface area contributed by atoms with Crippen molar-refractivity contribution in [2.45, 2.75) is 27.7 Å². The number of aryl methyl sites for hydroxylation is 5. The topological polar surface area (TPSA) is 81.4 Å². The maximum atomic E-state index is 4.68. The van der Waals surface area contributed by atoms with Gasteiger partial charge in [-0.2, -0.15) is 5.10 Å². The third-order valence-corrected chi connectivity index (χ3v) is 4.49. The van der Waals surface area contributed by atoms with Crippen molar-refractivity contribution in [3.8, 4) is 11.3 Å². The second-order valence-corrected chi connectivity index (χ2v) is 6.80. The summed E-state index contributed by atoms with van der Waals surface area (Å²) in [6.07, 6.45) is 3.67. The van der Waals surface area contributed by atoms with Crippen molar-refractivity contribution >= 4 is 22.8 Å². The van der Waals surface area contributed by atoms with Gasteiger partial charge >= 0.3 is 0 Å². The molecule has 4 aromatic rings. The van der Waals surface area contributed by atoms with Crippen molar-refractivity contribution in [2.24, 2.45) is 7.05 Å². The van der Waals surface area contributed by atoms with Crippen LogP contribution in [0.3, 0.4) is 0 Å². The quantitative estimate of drug-likeness (QED) is 0.599. The number of nitrogens with zero attached hydrogens (tertiary/aromatic N) is 6. The molecule has 0 aliphatic heterocycles. The van der Waals surface area contributed by atoms with E-state index in [4.69, 9.17) is 0 Å². The van der Waals surface area contributed by atoms with Gasteiger partial charge in [0, 0.05) is 30.4 Å². The summed E-state index contributed by atoms with van der Waals surface area (Å²) in [5.41, 5.74) is 6.90. The summed E-state index contributed by atoms with van der Waals surface area (Å²) >= 11 is 0. The first-order valence-corrected chi connectivity index (χ1v) is 8.77. The van der Waals surface area contributed by atoms with Crippen LogP contribution in [0.15, 0.2) is 30.6 Å². The number of benzene rings is 1. The zero-order valence-corrected chi connectivity index (χ0v) is 16.1. The van der Waals surface area contributed by atoms with Crippen molar-refractivity contribution in [3.05, 3.63) is 53.1 Å². The number of hydrogen-bond donors (Lipinski definition) is 1. The first-order chi connectivity index (χ1) is 12.9. The van der Waals surface area contributed by atoms with Gasteiger partial charge in [0.2, 0.25) is 11.9 Å². The van der Waals surface area contributed by atoms with E-state index in [9.17, 15) is 0 Å². The minimum Gasteiger partial charge on any atom is -0.293 e. The molecule has 4 rings (SSSR count). The van der Waals surface area contributed by atoms with Crippen LogP contribution in [-0.4, -0.2) is 29.7 Å². The van der Waals surface area contributed by atoms with Gasteiger partial charge in [-0.25, -0.2) is 19.9 Å². The van der Waals surface area contributed by atoms with Crippen molar-refractivity contribution in [1.29, 1.82) is 0 Å². The van der Waals surface area contributed by atoms with Gasteiger partial charge in [-0.15, -0.1) is 0 Å². The van der Waals surface area contributed by atoms with Gasteiger partial charge in [0.05, 0.1) is 22.6 Å². The Hall–Kier alpha value is -3.35.